The Hall–Kier alpha value is -2.98. The molecule has 1 aromatic rings. The Labute approximate surface area is 284 Å². The van der Waals surface area contributed by atoms with E-state index in [2.05, 4.69) is 22.9 Å². The van der Waals surface area contributed by atoms with Gasteiger partial charge in [0, 0.05) is 12.8 Å². The second-order valence-electron chi connectivity index (χ2n) is 12.8. The highest BCUT2D eigenvalue weighted by Gasteiger charge is 2.29. The third kappa shape index (κ3) is 21.5. The quantitative estimate of drug-likeness (QED) is 0.0590. The van der Waals surface area contributed by atoms with E-state index in [9.17, 15) is 24.3 Å². The van der Waals surface area contributed by atoms with Gasteiger partial charge in [-0.05, 0) is 63.6 Å². The van der Waals surface area contributed by atoms with Gasteiger partial charge >= 0.3 is 5.97 Å². The molecule has 3 atom stereocenters. The van der Waals surface area contributed by atoms with E-state index in [1.54, 1.807) is 0 Å². The number of aliphatic carboxylic acids is 1. The summed E-state index contributed by atoms with van der Waals surface area (Å²) in [4.78, 5) is 51.6. The fourth-order valence-corrected chi connectivity index (χ4v) is 5.69. The molecule has 0 spiro atoms. The van der Waals surface area contributed by atoms with Crippen LogP contribution in [0, 0.1) is 0 Å². The largest absolute Gasteiger partial charge is 0.480 e. The van der Waals surface area contributed by atoms with E-state index in [0.29, 0.717) is 51.6 Å². The third-order valence-electron chi connectivity index (χ3n) is 8.58. The number of nitrogens with one attached hydrogen (secondary N) is 3. The minimum atomic E-state index is -1.14. The summed E-state index contributed by atoms with van der Waals surface area (Å²) < 4.78 is 0. The van der Waals surface area contributed by atoms with E-state index in [1.165, 1.54) is 64.2 Å². The van der Waals surface area contributed by atoms with Crippen molar-refractivity contribution >= 4 is 23.7 Å². The molecule has 268 valence electrons. The van der Waals surface area contributed by atoms with E-state index in [4.69, 9.17) is 11.5 Å². The molecular formula is C37H65N5O5. The molecule has 0 heterocycles. The first-order valence-electron chi connectivity index (χ1n) is 18.4. The van der Waals surface area contributed by atoms with E-state index in [0.717, 1.165) is 24.8 Å². The lowest BCUT2D eigenvalue weighted by Gasteiger charge is -2.25. The molecular weight excluding hydrogens is 594 g/mol. The predicted molar refractivity (Wildman–Crippen MR) is 190 cm³/mol. The molecule has 0 saturated carbocycles. The minimum absolute atomic E-state index is 0.177. The number of carbonyl (C=O) groups is 4. The van der Waals surface area contributed by atoms with Crippen molar-refractivity contribution in [1.29, 1.82) is 0 Å². The highest BCUT2D eigenvalue weighted by Crippen LogP contribution is 2.14. The van der Waals surface area contributed by atoms with Crippen molar-refractivity contribution in [3.8, 4) is 0 Å². The fourth-order valence-electron chi connectivity index (χ4n) is 5.69. The molecule has 47 heavy (non-hydrogen) atoms. The molecule has 0 fully saturated rings. The zero-order valence-corrected chi connectivity index (χ0v) is 29.1. The molecule has 1 rings (SSSR count). The standard InChI is InChI=1S/C37H65N5O5/c1-2-3-4-5-6-7-8-9-10-11-12-13-17-26-34(43)40-31(24-18-20-27-38)35(44)42-33(29-30-22-15-14-16-23-30)36(45)41-32(37(46)47)25-19-21-28-39/h14-16,22-23,31-33H,2-13,17-21,24-29,38-39H2,1H3,(H,40,43)(H,41,45)(H,42,44)(H,46,47)/t31-,32-,33-/m0/s1. The predicted octanol–water partition coefficient (Wildman–Crippen LogP) is 5.51. The van der Waals surface area contributed by atoms with Crippen LogP contribution in [0.15, 0.2) is 30.3 Å². The van der Waals surface area contributed by atoms with Gasteiger partial charge in [0.05, 0.1) is 0 Å². The van der Waals surface area contributed by atoms with Crippen molar-refractivity contribution in [2.45, 2.75) is 160 Å². The van der Waals surface area contributed by atoms with Crippen molar-refractivity contribution in [1.82, 2.24) is 16.0 Å². The van der Waals surface area contributed by atoms with Crippen LogP contribution in [-0.4, -0.2) is 60.0 Å². The zero-order chi connectivity index (χ0) is 34.5. The van der Waals surface area contributed by atoms with Gasteiger partial charge in [-0.15, -0.1) is 0 Å². The van der Waals surface area contributed by atoms with Crippen molar-refractivity contribution in [2.75, 3.05) is 13.1 Å². The van der Waals surface area contributed by atoms with Crippen LogP contribution in [0.1, 0.15) is 141 Å². The lowest BCUT2D eigenvalue weighted by atomic mass is 10.0. The highest BCUT2D eigenvalue weighted by atomic mass is 16.4. The summed E-state index contributed by atoms with van der Waals surface area (Å²) in [7, 11) is 0. The Morgan fingerprint density at radius 2 is 1.06 bits per heavy atom. The van der Waals surface area contributed by atoms with Crippen LogP contribution in [0.4, 0.5) is 0 Å². The maximum Gasteiger partial charge on any atom is 0.326 e. The Kier molecular flexibility index (Phi) is 25.1. The van der Waals surface area contributed by atoms with Crippen LogP contribution in [0.3, 0.4) is 0 Å². The summed E-state index contributed by atoms with van der Waals surface area (Å²) in [6.45, 7) is 3.15. The number of nitrogens with two attached hydrogens (primary N) is 2. The summed E-state index contributed by atoms with van der Waals surface area (Å²) in [5, 5.41) is 18.0. The molecule has 0 aliphatic rings. The summed E-state index contributed by atoms with van der Waals surface area (Å²) in [6, 6.07) is 6.30. The van der Waals surface area contributed by atoms with Gasteiger partial charge in [0.1, 0.15) is 18.1 Å². The maximum atomic E-state index is 13.5. The molecule has 10 heteroatoms. The lowest BCUT2D eigenvalue weighted by Crippen LogP contribution is -2.56. The van der Waals surface area contributed by atoms with Crippen molar-refractivity contribution < 1.29 is 24.3 Å². The Bertz CT molecular complexity index is 977. The van der Waals surface area contributed by atoms with Crippen LogP contribution in [0.5, 0.6) is 0 Å². The van der Waals surface area contributed by atoms with Crippen molar-refractivity contribution in [2.24, 2.45) is 11.5 Å². The smallest absolute Gasteiger partial charge is 0.326 e. The third-order valence-corrected chi connectivity index (χ3v) is 8.58. The van der Waals surface area contributed by atoms with E-state index in [-0.39, 0.29) is 18.7 Å². The van der Waals surface area contributed by atoms with Crippen LogP contribution in [0.2, 0.25) is 0 Å². The monoisotopic (exact) mass is 659 g/mol. The summed E-state index contributed by atoms with van der Waals surface area (Å²) in [6.07, 6.45) is 19.6. The molecule has 3 amide bonds. The number of carbonyl (C=O) groups excluding carboxylic acids is 3. The van der Waals surface area contributed by atoms with E-state index in [1.807, 2.05) is 30.3 Å². The van der Waals surface area contributed by atoms with Gasteiger partial charge in [0.25, 0.3) is 0 Å². The van der Waals surface area contributed by atoms with Gasteiger partial charge in [0.2, 0.25) is 17.7 Å². The number of rotatable bonds is 30. The first kappa shape index (κ1) is 42.0. The minimum Gasteiger partial charge on any atom is -0.480 e. The fraction of sp³-hybridized carbons (Fsp3) is 0.730. The molecule has 0 aliphatic heterocycles. The number of hydrogen-bond donors (Lipinski definition) is 6. The molecule has 0 saturated heterocycles. The first-order chi connectivity index (χ1) is 22.8. The molecule has 8 N–H and O–H groups in total. The number of carboxylic acid groups (broad SMARTS) is 1. The SMILES string of the molecule is CCCCCCCCCCCCCCCC(=O)N[C@@H](CCCCN)C(=O)N[C@@H](Cc1ccccc1)C(=O)N[C@@H](CCCCN)C(=O)O. The Morgan fingerprint density at radius 1 is 0.596 bits per heavy atom. The normalized spacial score (nSPS) is 13.0. The number of carboxylic acids is 1. The summed E-state index contributed by atoms with van der Waals surface area (Å²) in [5.74, 6) is -2.37. The van der Waals surface area contributed by atoms with E-state index < -0.39 is 35.9 Å². The zero-order valence-electron chi connectivity index (χ0n) is 29.1. The maximum absolute atomic E-state index is 13.5. The molecule has 0 aliphatic carbocycles. The summed E-state index contributed by atoms with van der Waals surface area (Å²) >= 11 is 0. The second-order valence-corrected chi connectivity index (χ2v) is 12.8. The van der Waals surface area contributed by atoms with Gasteiger partial charge in [0.15, 0.2) is 0 Å². The second kappa shape index (κ2) is 28.1. The van der Waals surface area contributed by atoms with Crippen molar-refractivity contribution in [3.05, 3.63) is 35.9 Å². The van der Waals surface area contributed by atoms with Gasteiger partial charge in [-0.3, -0.25) is 14.4 Å². The lowest BCUT2D eigenvalue weighted by molar-refractivity contribution is -0.142. The van der Waals surface area contributed by atoms with E-state index >= 15 is 0 Å². The molecule has 10 nitrogen and oxygen atoms in total. The molecule has 0 bridgehead atoms. The number of hydrogen-bond acceptors (Lipinski definition) is 6. The highest BCUT2D eigenvalue weighted by molar-refractivity contribution is 5.93. The Balaban J connectivity index is 2.67. The molecule has 0 aromatic heterocycles. The van der Waals surface area contributed by atoms with Crippen LogP contribution >= 0.6 is 0 Å². The topological polar surface area (TPSA) is 177 Å². The Morgan fingerprint density at radius 3 is 1.57 bits per heavy atom. The van der Waals surface area contributed by atoms with Gasteiger partial charge in [-0.2, -0.15) is 0 Å². The number of amides is 3. The average Bonchev–Trinajstić information content (AvgIpc) is 3.06. The van der Waals surface area contributed by atoms with Gasteiger partial charge < -0.3 is 32.5 Å². The van der Waals surface area contributed by atoms with Crippen LogP contribution < -0.4 is 27.4 Å². The van der Waals surface area contributed by atoms with Gasteiger partial charge in [-0.25, -0.2) is 4.79 Å². The number of benzene rings is 1. The average molecular weight is 660 g/mol. The molecule has 1 aromatic carbocycles. The van der Waals surface area contributed by atoms with Crippen molar-refractivity contribution in [3.63, 3.8) is 0 Å². The van der Waals surface area contributed by atoms with Crippen LogP contribution in [-0.2, 0) is 25.6 Å². The van der Waals surface area contributed by atoms with Gasteiger partial charge in [-0.1, -0.05) is 114 Å². The summed E-state index contributed by atoms with van der Waals surface area (Å²) in [5.41, 5.74) is 12.0. The van der Waals surface area contributed by atoms with Crippen LogP contribution in [0.25, 0.3) is 0 Å². The molecule has 0 radical (unpaired) electrons. The first-order valence-corrected chi connectivity index (χ1v) is 18.4. The molecule has 0 unspecified atom stereocenters. The number of unbranched alkanes of at least 4 members (excludes halogenated alkanes) is 14.